The molecule has 0 aromatic rings. The smallest absolute Gasteiger partial charge is 0.303 e. The number of nitrogens with one attached hydrogen (secondary N) is 1. The van der Waals surface area contributed by atoms with Crippen LogP contribution in [0.25, 0.3) is 0 Å². The quantitative estimate of drug-likeness (QED) is 0.651. The third-order valence-corrected chi connectivity index (χ3v) is 2.01. The molecule has 0 radical (unpaired) electrons. The van der Waals surface area contributed by atoms with Crippen molar-refractivity contribution in [3.05, 3.63) is 0 Å². The van der Waals surface area contributed by atoms with Crippen molar-refractivity contribution < 1.29 is 19.4 Å². The van der Waals surface area contributed by atoms with Gasteiger partial charge in [0.25, 0.3) is 0 Å². The van der Waals surface area contributed by atoms with Gasteiger partial charge in [0.2, 0.25) is 5.91 Å². The zero-order valence-corrected chi connectivity index (χ0v) is 9.45. The number of carbonyl (C=O) groups is 2. The largest absolute Gasteiger partial charge is 0.481 e. The molecular weight excluding hydrogens is 198 g/mol. The van der Waals surface area contributed by atoms with E-state index in [9.17, 15) is 9.59 Å². The number of carbonyl (C=O) groups excluding carboxylic acids is 1. The first kappa shape index (κ1) is 13.9. The Labute approximate surface area is 89.8 Å². The van der Waals surface area contributed by atoms with E-state index < -0.39 is 5.97 Å². The molecule has 5 nitrogen and oxygen atoms in total. The Balaban J connectivity index is 3.74. The predicted molar refractivity (Wildman–Crippen MR) is 55.5 cm³/mol. The predicted octanol–water partition coefficient (Wildman–Crippen LogP) is 0.496. The second-order valence-corrected chi connectivity index (χ2v) is 3.80. The maximum absolute atomic E-state index is 11.4. The van der Waals surface area contributed by atoms with Crippen molar-refractivity contribution in [2.45, 2.75) is 20.3 Å². The van der Waals surface area contributed by atoms with Crippen LogP contribution in [0.1, 0.15) is 20.3 Å². The van der Waals surface area contributed by atoms with Gasteiger partial charge >= 0.3 is 5.97 Å². The van der Waals surface area contributed by atoms with E-state index in [4.69, 9.17) is 9.84 Å². The Bertz CT molecular complexity index is 217. The first-order chi connectivity index (χ1) is 6.97. The van der Waals surface area contributed by atoms with Crippen molar-refractivity contribution >= 4 is 11.9 Å². The fraction of sp³-hybridized carbons (Fsp3) is 0.800. The van der Waals surface area contributed by atoms with Gasteiger partial charge in [0.05, 0.1) is 12.5 Å². The van der Waals surface area contributed by atoms with Crippen LogP contribution in [0, 0.1) is 11.8 Å². The SMILES string of the molecule is COCC(C)C(=O)NCC(C)CC(=O)O. The van der Waals surface area contributed by atoms with E-state index in [1.807, 2.05) is 0 Å². The lowest BCUT2D eigenvalue weighted by atomic mass is 10.1. The standard InChI is InChI=1S/C10H19NO4/c1-7(4-9(12)13)5-11-10(14)8(2)6-15-3/h7-8H,4-6H2,1-3H3,(H,11,14)(H,12,13). The Hall–Kier alpha value is -1.10. The van der Waals surface area contributed by atoms with Crippen LogP contribution in [0.2, 0.25) is 0 Å². The zero-order chi connectivity index (χ0) is 11.8. The van der Waals surface area contributed by atoms with Crippen LogP contribution in [0.15, 0.2) is 0 Å². The van der Waals surface area contributed by atoms with E-state index >= 15 is 0 Å². The van der Waals surface area contributed by atoms with Crippen LogP contribution in [-0.4, -0.2) is 37.2 Å². The van der Waals surface area contributed by atoms with Crippen LogP contribution in [0.3, 0.4) is 0 Å². The molecule has 0 bridgehead atoms. The highest BCUT2D eigenvalue weighted by Gasteiger charge is 2.14. The Kier molecular flexibility index (Phi) is 6.70. The van der Waals surface area contributed by atoms with Crippen LogP contribution >= 0.6 is 0 Å². The van der Waals surface area contributed by atoms with Crippen molar-refractivity contribution in [1.82, 2.24) is 5.32 Å². The molecular formula is C10H19NO4. The molecule has 2 unspecified atom stereocenters. The van der Waals surface area contributed by atoms with Gasteiger partial charge in [0.1, 0.15) is 0 Å². The Morgan fingerprint density at radius 3 is 2.47 bits per heavy atom. The summed E-state index contributed by atoms with van der Waals surface area (Å²) in [5.41, 5.74) is 0. The molecule has 2 N–H and O–H groups in total. The number of carboxylic acid groups (broad SMARTS) is 1. The highest BCUT2D eigenvalue weighted by atomic mass is 16.5. The first-order valence-electron chi connectivity index (χ1n) is 4.95. The van der Waals surface area contributed by atoms with Gasteiger partial charge in [-0.05, 0) is 5.92 Å². The molecule has 0 spiro atoms. The minimum Gasteiger partial charge on any atom is -0.481 e. The summed E-state index contributed by atoms with van der Waals surface area (Å²) in [5, 5.41) is 11.2. The van der Waals surface area contributed by atoms with Crippen molar-refractivity contribution in [3.63, 3.8) is 0 Å². The molecule has 0 aromatic heterocycles. The first-order valence-corrected chi connectivity index (χ1v) is 4.95. The summed E-state index contributed by atoms with van der Waals surface area (Å²) < 4.78 is 4.84. The second-order valence-electron chi connectivity index (χ2n) is 3.80. The van der Waals surface area contributed by atoms with E-state index in [-0.39, 0.29) is 24.2 Å². The van der Waals surface area contributed by atoms with Crippen LogP contribution in [0.4, 0.5) is 0 Å². The molecule has 0 heterocycles. The average Bonchev–Trinajstić information content (AvgIpc) is 2.13. The van der Waals surface area contributed by atoms with Crippen molar-refractivity contribution in [3.8, 4) is 0 Å². The fourth-order valence-electron chi connectivity index (χ4n) is 1.15. The molecule has 0 aliphatic carbocycles. The van der Waals surface area contributed by atoms with Crippen molar-refractivity contribution in [2.24, 2.45) is 11.8 Å². The molecule has 1 amide bonds. The molecule has 2 atom stereocenters. The highest BCUT2D eigenvalue weighted by molar-refractivity contribution is 5.78. The summed E-state index contributed by atoms with van der Waals surface area (Å²) in [5.74, 6) is -1.20. The third kappa shape index (κ3) is 6.90. The summed E-state index contributed by atoms with van der Waals surface area (Å²) in [6.07, 6.45) is 0.0684. The number of aliphatic carboxylic acids is 1. The van der Waals surface area contributed by atoms with Gasteiger partial charge in [-0.25, -0.2) is 0 Å². The fourth-order valence-corrected chi connectivity index (χ4v) is 1.15. The maximum Gasteiger partial charge on any atom is 0.303 e. The van der Waals surface area contributed by atoms with Gasteiger partial charge in [0.15, 0.2) is 0 Å². The number of hydrogen-bond donors (Lipinski definition) is 2. The number of rotatable bonds is 7. The van der Waals surface area contributed by atoms with Crippen LogP contribution in [-0.2, 0) is 14.3 Å². The van der Waals surface area contributed by atoms with Gasteiger partial charge in [-0.2, -0.15) is 0 Å². The molecule has 0 aromatic carbocycles. The minimum absolute atomic E-state index is 0.0544. The molecule has 0 saturated carbocycles. The summed E-state index contributed by atoms with van der Waals surface area (Å²) in [7, 11) is 1.54. The van der Waals surface area contributed by atoms with Gasteiger partial charge in [0, 0.05) is 20.1 Å². The maximum atomic E-state index is 11.4. The number of hydrogen-bond acceptors (Lipinski definition) is 3. The molecule has 88 valence electrons. The van der Waals surface area contributed by atoms with Gasteiger partial charge in [-0.1, -0.05) is 13.8 Å². The normalized spacial score (nSPS) is 14.3. The van der Waals surface area contributed by atoms with Gasteiger partial charge in [-0.3, -0.25) is 9.59 Å². The monoisotopic (exact) mass is 217 g/mol. The third-order valence-electron chi connectivity index (χ3n) is 2.01. The molecule has 0 aliphatic rings. The van der Waals surface area contributed by atoms with Crippen molar-refractivity contribution in [1.29, 1.82) is 0 Å². The molecule has 0 saturated heterocycles. The molecule has 15 heavy (non-hydrogen) atoms. The Morgan fingerprint density at radius 2 is 2.00 bits per heavy atom. The number of ether oxygens (including phenoxy) is 1. The lowest BCUT2D eigenvalue weighted by Crippen LogP contribution is -2.34. The highest BCUT2D eigenvalue weighted by Crippen LogP contribution is 2.01. The van der Waals surface area contributed by atoms with E-state index in [0.717, 1.165) is 0 Å². The Morgan fingerprint density at radius 1 is 1.40 bits per heavy atom. The lowest BCUT2D eigenvalue weighted by molar-refractivity contribution is -0.138. The molecule has 5 heteroatoms. The van der Waals surface area contributed by atoms with E-state index in [1.54, 1.807) is 13.8 Å². The number of amides is 1. The molecule has 0 fully saturated rings. The topological polar surface area (TPSA) is 75.6 Å². The zero-order valence-electron chi connectivity index (χ0n) is 9.45. The summed E-state index contributed by atoms with van der Waals surface area (Å²) in [6.45, 7) is 4.31. The van der Waals surface area contributed by atoms with Crippen LogP contribution < -0.4 is 5.32 Å². The number of methoxy groups -OCH3 is 1. The van der Waals surface area contributed by atoms with Gasteiger partial charge in [-0.15, -0.1) is 0 Å². The second kappa shape index (κ2) is 7.23. The van der Waals surface area contributed by atoms with E-state index in [0.29, 0.717) is 13.2 Å². The molecule has 0 aliphatic heterocycles. The van der Waals surface area contributed by atoms with E-state index in [1.165, 1.54) is 7.11 Å². The van der Waals surface area contributed by atoms with Gasteiger partial charge < -0.3 is 15.2 Å². The lowest BCUT2D eigenvalue weighted by Gasteiger charge is -2.13. The van der Waals surface area contributed by atoms with Crippen molar-refractivity contribution in [2.75, 3.05) is 20.3 Å². The minimum atomic E-state index is -0.846. The summed E-state index contributed by atoms with van der Waals surface area (Å²) >= 11 is 0. The summed E-state index contributed by atoms with van der Waals surface area (Å²) in [6, 6.07) is 0. The molecule has 0 rings (SSSR count). The summed E-state index contributed by atoms with van der Waals surface area (Å²) in [4.78, 5) is 21.7. The average molecular weight is 217 g/mol. The van der Waals surface area contributed by atoms with E-state index in [2.05, 4.69) is 5.32 Å². The number of carboxylic acids is 1. The van der Waals surface area contributed by atoms with Crippen LogP contribution in [0.5, 0.6) is 0 Å².